The molecule has 0 bridgehead atoms. The topological polar surface area (TPSA) is 60.8 Å². The molecule has 4 nitrogen and oxygen atoms in total. The predicted molar refractivity (Wildman–Crippen MR) is 65.6 cm³/mol. The van der Waals surface area contributed by atoms with Gasteiger partial charge in [-0.05, 0) is 30.0 Å². The first-order valence-corrected chi connectivity index (χ1v) is 5.84. The van der Waals surface area contributed by atoms with Gasteiger partial charge in [-0.3, -0.25) is 0 Å². The van der Waals surface area contributed by atoms with Gasteiger partial charge in [0.05, 0.1) is 5.56 Å². The number of hydrogen-bond acceptors (Lipinski definition) is 3. The number of fused-ring (bicyclic) bond motifs is 1. The first-order valence-electron chi connectivity index (χ1n) is 5.84. The Morgan fingerprint density at radius 1 is 1.53 bits per heavy atom. The van der Waals surface area contributed by atoms with Crippen LogP contribution in [0.3, 0.4) is 0 Å². The lowest BCUT2D eigenvalue weighted by atomic mass is 10.1. The summed E-state index contributed by atoms with van der Waals surface area (Å²) in [7, 11) is 0. The lowest BCUT2D eigenvalue weighted by Crippen LogP contribution is -2.28. The normalized spacial score (nSPS) is 15.8. The molecule has 0 saturated heterocycles. The number of rotatable bonds is 4. The Balaban J connectivity index is 2.23. The van der Waals surface area contributed by atoms with E-state index in [1.807, 2.05) is 13.0 Å². The van der Waals surface area contributed by atoms with Crippen molar-refractivity contribution in [2.75, 3.05) is 24.6 Å². The van der Waals surface area contributed by atoms with Gasteiger partial charge in [-0.1, -0.05) is 13.0 Å². The number of aliphatic hydroxyl groups excluding tert-OH is 1. The second-order valence-electron chi connectivity index (χ2n) is 4.63. The molecule has 92 valence electrons. The zero-order chi connectivity index (χ0) is 12.4. The molecule has 0 fully saturated rings. The maximum atomic E-state index is 10.9. The van der Waals surface area contributed by atoms with Crippen LogP contribution < -0.4 is 4.90 Å². The zero-order valence-electron chi connectivity index (χ0n) is 9.89. The summed E-state index contributed by atoms with van der Waals surface area (Å²) in [6, 6.07) is 5.28. The van der Waals surface area contributed by atoms with Gasteiger partial charge in [0.2, 0.25) is 0 Å². The van der Waals surface area contributed by atoms with Crippen molar-refractivity contribution in [2.45, 2.75) is 13.3 Å². The highest BCUT2D eigenvalue weighted by atomic mass is 16.4. The van der Waals surface area contributed by atoms with E-state index in [1.54, 1.807) is 12.1 Å². The third-order valence-corrected chi connectivity index (χ3v) is 3.17. The maximum Gasteiger partial charge on any atom is 0.335 e. The number of carboxylic acids is 1. The Hall–Kier alpha value is -1.55. The Labute approximate surface area is 100 Å². The predicted octanol–water partition coefficient (Wildman–Crippen LogP) is 1.38. The lowest BCUT2D eigenvalue weighted by Gasteiger charge is -2.22. The van der Waals surface area contributed by atoms with Gasteiger partial charge in [0.1, 0.15) is 0 Å². The molecule has 1 aromatic rings. The van der Waals surface area contributed by atoms with Crippen LogP contribution in [0.5, 0.6) is 0 Å². The van der Waals surface area contributed by atoms with Gasteiger partial charge in [0, 0.05) is 25.4 Å². The molecule has 17 heavy (non-hydrogen) atoms. The first kappa shape index (κ1) is 11.9. The monoisotopic (exact) mass is 235 g/mol. The van der Waals surface area contributed by atoms with Gasteiger partial charge in [0.25, 0.3) is 0 Å². The number of benzene rings is 1. The molecule has 0 aromatic heterocycles. The minimum Gasteiger partial charge on any atom is -0.478 e. The fraction of sp³-hybridized carbons (Fsp3) is 0.462. The lowest BCUT2D eigenvalue weighted by molar-refractivity contribution is 0.0697. The van der Waals surface area contributed by atoms with Gasteiger partial charge < -0.3 is 15.1 Å². The van der Waals surface area contributed by atoms with E-state index in [-0.39, 0.29) is 12.5 Å². The highest BCUT2D eigenvalue weighted by Crippen LogP contribution is 2.29. The third-order valence-electron chi connectivity index (χ3n) is 3.17. The SMILES string of the molecule is CC(CO)CN1CCc2ccc(C(=O)O)cc21. The highest BCUT2D eigenvalue weighted by Gasteiger charge is 2.21. The molecule has 2 rings (SSSR count). The van der Waals surface area contributed by atoms with Crippen LogP contribution in [0, 0.1) is 5.92 Å². The minimum atomic E-state index is -0.894. The summed E-state index contributed by atoms with van der Waals surface area (Å²) in [6.07, 6.45) is 0.952. The summed E-state index contributed by atoms with van der Waals surface area (Å²) in [5, 5.41) is 18.0. The number of carboxylic acid groups (broad SMARTS) is 1. The summed E-state index contributed by atoms with van der Waals surface area (Å²) in [4.78, 5) is 13.1. The second kappa shape index (κ2) is 4.75. The van der Waals surface area contributed by atoms with E-state index in [0.29, 0.717) is 5.56 Å². The molecule has 0 amide bonds. The van der Waals surface area contributed by atoms with Gasteiger partial charge in [-0.15, -0.1) is 0 Å². The third kappa shape index (κ3) is 2.42. The van der Waals surface area contributed by atoms with Gasteiger partial charge in [-0.25, -0.2) is 4.79 Å². The molecular weight excluding hydrogens is 218 g/mol. The van der Waals surface area contributed by atoms with Crippen LogP contribution in [0.15, 0.2) is 18.2 Å². The fourth-order valence-electron chi connectivity index (χ4n) is 2.20. The summed E-state index contributed by atoms with van der Waals surface area (Å²) >= 11 is 0. The number of aromatic carboxylic acids is 1. The molecule has 1 heterocycles. The molecule has 2 N–H and O–H groups in total. The molecule has 1 unspecified atom stereocenters. The fourth-order valence-corrected chi connectivity index (χ4v) is 2.20. The Bertz CT molecular complexity index is 431. The first-order chi connectivity index (χ1) is 8.11. The number of hydrogen-bond donors (Lipinski definition) is 2. The van der Waals surface area contributed by atoms with E-state index >= 15 is 0 Å². The van der Waals surface area contributed by atoms with E-state index in [9.17, 15) is 4.79 Å². The van der Waals surface area contributed by atoms with Crippen LogP contribution in [0.1, 0.15) is 22.8 Å². The molecule has 1 aliphatic rings. The number of nitrogens with zero attached hydrogens (tertiary/aromatic N) is 1. The molecule has 0 aliphatic carbocycles. The largest absolute Gasteiger partial charge is 0.478 e. The highest BCUT2D eigenvalue weighted by molar-refractivity contribution is 5.89. The van der Waals surface area contributed by atoms with Crippen molar-refractivity contribution in [1.29, 1.82) is 0 Å². The van der Waals surface area contributed by atoms with Crippen molar-refractivity contribution in [1.82, 2.24) is 0 Å². The van der Waals surface area contributed by atoms with Crippen LogP contribution >= 0.6 is 0 Å². The zero-order valence-corrected chi connectivity index (χ0v) is 9.89. The molecule has 1 aromatic carbocycles. The standard InChI is InChI=1S/C13H17NO3/c1-9(8-15)7-14-5-4-10-2-3-11(13(16)17)6-12(10)14/h2-3,6,9,15H,4-5,7-8H2,1H3,(H,16,17). The number of aliphatic hydroxyl groups is 1. The second-order valence-corrected chi connectivity index (χ2v) is 4.63. The van der Waals surface area contributed by atoms with Crippen molar-refractivity contribution < 1.29 is 15.0 Å². The van der Waals surface area contributed by atoms with E-state index in [4.69, 9.17) is 10.2 Å². The Kier molecular flexibility index (Phi) is 3.33. The molecule has 1 atom stereocenters. The van der Waals surface area contributed by atoms with Crippen molar-refractivity contribution in [3.8, 4) is 0 Å². The molecule has 0 spiro atoms. The summed E-state index contributed by atoms with van der Waals surface area (Å²) < 4.78 is 0. The summed E-state index contributed by atoms with van der Waals surface area (Å²) in [6.45, 7) is 3.82. The van der Waals surface area contributed by atoms with E-state index in [2.05, 4.69) is 4.90 Å². The minimum absolute atomic E-state index is 0.157. The number of carbonyl (C=O) groups is 1. The Morgan fingerprint density at radius 3 is 2.94 bits per heavy atom. The van der Waals surface area contributed by atoms with Crippen molar-refractivity contribution in [3.63, 3.8) is 0 Å². The maximum absolute atomic E-state index is 10.9. The van der Waals surface area contributed by atoms with Crippen LogP contribution in [0.4, 0.5) is 5.69 Å². The quantitative estimate of drug-likeness (QED) is 0.827. The smallest absolute Gasteiger partial charge is 0.335 e. The van der Waals surface area contributed by atoms with Crippen LogP contribution in [-0.4, -0.2) is 35.9 Å². The van der Waals surface area contributed by atoms with Crippen molar-refractivity contribution in [3.05, 3.63) is 29.3 Å². The van der Waals surface area contributed by atoms with Crippen LogP contribution in [0.25, 0.3) is 0 Å². The average molecular weight is 235 g/mol. The summed E-state index contributed by atoms with van der Waals surface area (Å²) in [5.74, 6) is -0.690. The van der Waals surface area contributed by atoms with Crippen LogP contribution in [-0.2, 0) is 6.42 Å². The van der Waals surface area contributed by atoms with Crippen LogP contribution in [0.2, 0.25) is 0 Å². The van der Waals surface area contributed by atoms with Gasteiger partial charge in [-0.2, -0.15) is 0 Å². The molecule has 0 saturated carbocycles. The van der Waals surface area contributed by atoms with Gasteiger partial charge in [0.15, 0.2) is 0 Å². The Morgan fingerprint density at radius 2 is 2.29 bits per heavy atom. The number of anilines is 1. The van der Waals surface area contributed by atoms with E-state index in [1.165, 1.54) is 5.56 Å². The van der Waals surface area contributed by atoms with E-state index in [0.717, 1.165) is 25.2 Å². The molecule has 4 heteroatoms. The summed E-state index contributed by atoms with van der Waals surface area (Å²) in [5.41, 5.74) is 2.53. The molecular formula is C13H17NO3. The van der Waals surface area contributed by atoms with Crippen molar-refractivity contribution >= 4 is 11.7 Å². The molecule has 0 radical (unpaired) electrons. The van der Waals surface area contributed by atoms with E-state index < -0.39 is 5.97 Å². The molecule has 1 aliphatic heterocycles. The average Bonchev–Trinajstić information content (AvgIpc) is 2.71. The van der Waals surface area contributed by atoms with Crippen molar-refractivity contribution in [2.24, 2.45) is 5.92 Å². The van der Waals surface area contributed by atoms with Gasteiger partial charge >= 0.3 is 5.97 Å².